The van der Waals surface area contributed by atoms with E-state index >= 15 is 0 Å². The van der Waals surface area contributed by atoms with Crippen LogP contribution in [0.2, 0.25) is 0 Å². The van der Waals surface area contributed by atoms with Crippen LogP contribution < -0.4 is 0 Å². The number of aromatic nitrogens is 4. The van der Waals surface area contributed by atoms with E-state index < -0.39 is 0 Å². The van der Waals surface area contributed by atoms with E-state index in [1.165, 1.54) is 0 Å². The van der Waals surface area contributed by atoms with Crippen LogP contribution in [0.5, 0.6) is 0 Å². The molecule has 0 saturated carbocycles. The van der Waals surface area contributed by atoms with Gasteiger partial charge in [-0.25, -0.2) is 0 Å². The first-order valence-corrected chi connectivity index (χ1v) is 9.34. The van der Waals surface area contributed by atoms with Crippen LogP contribution in [0.4, 0.5) is 0 Å². The highest BCUT2D eigenvalue weighted by Gasteiger charge is 2.27. The molecule has 1 N–H and O–H groups in total. The molecule has 27 heavy (non-hydrogen) atoms. The molecular weight excluding hydrogens is 346 g/mol. The predicted octanol–water partition coefficient (Wildman–Crippen LogP) is 0.247. The molecule has 1 aromatic heterocycles. The van der Waals surface area contributed by atoms with Gasteiger partial charge in [0.25, 0.3) is 5.91 Å². The van der Waals surface area contributed by atoms with Gasteiger partial charge < -0.3 is 9.80 Å². The molecule has 9 heteroatoms. The fourth-order valence-corrected chi connectivity index (χ4v) is 3.68. The Morgan fingerprint density at radius 1 is 0.963 bits per heavy atom. The predicted molar refractivity (Wildman–Crippen MR) is 97.8 cm³/mol. The molecule has 2 aromatic rings. The molecule has 4 rings (SSSR count). The van der Waals surface area contributed by atoms with Crippen LogP contribution in [0.3, 0.4) is 0 Å². The Morgan fingerprint density at radius 2 is 1.70 bits per heavy atom. The smallest absolute Gasteiger partial charge is 0.254 e. The maximum Gasteiger partial charge on any atom is 0.254 e. The second kappa shape index (κ2) is 7.83. The van der Waals surface area contributed by atoms with Crippen LogP contribution in [-0.2, 0) is 4.79 Å². The van der Waals surface area contributed by atoms with Crippen molar-refractivity contribution >= 4 is 11.8 Å². The first-order valence-electron chi connectivity index (χ1n) is 9.34. The van der Waals surface area contributed by atoms with Crippen molar-refractivity contribution in [3.05, 3.63) is 29.8 Å². The summed E-state index contributed by atoms with van der Waals surface area (Å²) in [5.74, 6) is 0.574. The Morgan fingerprint density at radius 3 is 2.41 bits per heavy atom. The lowest BCUT2D eigenvalue weighted by Gasteiger charge is -2.35. The van der Waals surface area contributed by atoms with Gasteiger partial charge in [0.05, 0.1) is 12.1 Å². The van der Waals surface area contributed by atoms with Crippen molar-refractivity contribution < 1.29 is 9.59 Å². The van der Waals surface area contributed by atoms with E-state index in [2.05, 4.69) is 25.5 Å². The summed E-state index contributed by atoms with van der Waals surface area (Å²) in [5.41, 5.74) is 1.24. The van der Waals surface area contributed by atoms with Crippen molar-refractivity contribution in [1.29, 1.82) is 0 Å². The van der Waals surface area contributed by atoms with Gasteiger partial charge in [0.1, 0.15) is 0 Å². The van der Waals surface area contributed by atoms with Crippen LogP contribution in [-0.4, -0.2) is 93.0 Å². The minimum absolute atomic E-state index is 0.0408. The second-order valence-electron chi connectivity index (χ2n) is 6.94. The number of benzene rings is 1. The molecule has 9 nitrogen and oxygen atoms in total. The molecule has 142 valence electrons. The van der Waals surface area contributed by atoms with Crippen LogP contribution in [0.25, 0.3) is 11.4 Å². The number of aromatic amines is 1. The normalized spacial score (nSPS) is 18.1. The van der Waals surface area contributed by atoms with Crippen molar-refractivity contribution in [3.8, 4) is 11.4 Å². The summed E-state index contributed by atoms with van der Waals surface area (Å²) in [5, 5.41) is 14.0. The maximum atomic E-state index is 13.0. The van der Waals surface area contributed by atoms with Gasteiger partial charge in [0.2, 0.25) is 11.7 Å². The fourth-order valence-electron chi connectivity index (χ4n) is 3.68. The molecule has 2 aliphatic heterocycles. The van der Waals surface area contributed by atoms with Gasteiger partial charge in [-0.3, -0.25) is 14.5 Å². The van der Waals surface area contributed by atoms with E-state index in [1.807, 2.05) is 28.0 Å². The Balaban J connectivity index is 1.37. The van der Waals surface area contributed by atoms with Gasteiger partial charge in [-0.2, -0.15) is 5.21 Å². The van der Waals surface area contributed by atoms with Crippen LogP contribution in [0.15, 0.2) is 24.3 Å². The van der Waals surface area contributed by atoms with Gasteiger partial charge in [-0.1, -0.05) is 18.2 Å². The van der Waals surface area contributed by atoms with E-state index in [9.17, 15) is 9.59 Å². The molecule has 0 aliphatic carbocycles. The van der Waals surface area contributed by atoms with Crippen molar-refractivity contribution in [2.75, 3.05) is 45.8 Å². The summed E-state index contributed by atoms with van der Waals surface area (Å²) in [4.78, 5) is 31.2. The highest BCUT2D eigenvalue weighted by Crippen LogP contribution is 2.21. The molecule has 1 aromatic carbocycles. The average molecular weight is 369 g/mol. The van der Waals surface area contributed by atoms with Gasteiger partial charge in [-0.15, -0.1) is 10.2 Å². The van der Waals surface area contributed by atoms with Gasteiger partial charge in [-0.05, 0) is 24.1 Å². The van der Waals surface area contributed by atoms with E-state index in [4.69, 9.17) is 0 Å². The summed E-state index contributed by atoms with van der Waals surface area (Å²) < 4.78 is 0. The zero-order valence-corrected chi connectivity index (χ0v) is 15.2. The zero-order valence-electron chi connectivity index (χ0n) is 15.2. The summed E-state index contributed by atoms with van der Waals surface area (Å²) >= 11 is 0. The van der Waals surface area contributed by atoms with E-state index in [0.29, 0.717) is 49.7 Å². The van der Waals surface area contributed by atoms with Gasteiger partial charge in [0.15, 0.2) is 0 Å². The topological polar surface area (TPSA) is 98.3 Å². The number of H-pyrrole nitrogens is 1. The first kappa shape index (κ1) is 17.6. The molecule has 2 fully saturated rings. The number of hydrogen-bond donors (Lipinski definition) is 1. The zero-order chi connectivity index (χ0) is 18.6. The highest BCUT2D eigenvalue weighted by atomic mass is 16.2. The highest BCUT2D eigenvalue weighted by molar-refractivity contribution is 6.00. The number of nitrogens with one attached hydrogen (secondary N) is 1. The van der Waals surface area contributed by atoms with Crippen LogP contribution in [0.1, 0.15) is 23.2 Å². The fraction of sp³-hybridized carbons (Fsp3) is 0.500. The Kier molecular flexibility index (Phi) is 5.10. The standard InChI is InChI=1S/C18H23N7O2/c26-16(24-7-3-4-8-24)13-23-9-11-25(12-10-23)18(27)15-6-2-1-5-14(15)17-19-21-22-20-17/h1-2,5-6H,3-4,7-13H2,(H,19,20,21,22). The molecule has 0 radical (unpaired) electrons. The Hall–Kier alpha value is -2.81. The number of tetrazole rings is 1. The van der Waals surface area contributed by atoms with E-state index in [0.717, 1.165) is 25.9 Å². The summed E-state index contributed by atoms with van der Waals surface area (Å²) in [6, 6.07) is 7.30. The van der Waals surface area contributed by atoms with E-state index in [1.54, 1.807) is 6.07 Å². The number of nitrogens with zero attached hydrogens (tertiary/aromatic N) is 6. The molecule has 0 unspecified atom stereocenters. The minimum atomic E-state index is -0.0408. The second-order valence-corrected chi connectivity index (χ2v) is 6.94. The number of piperazine rings is 1. The minimum Gasteiger partial charge on any atom is -0.342 e. The molecule has 3 heterocycles. The lowest BCUT2D eigenvalue weighted by molar-refractivity contribution is -0.131. The molecule has 0 bridgehead atoms. The van der Waals surface area contributed by atoms with Gasteiger partial charge in [0, 0.05) is 44.8 Å². The van der Waals surface area contributed by atoms with Crippen LogP contribution in [0, 0.1) is 0 Å². The maximum absolute atomic E-state index is 13.0. The Bertz CT molecular complexity index is 794. The SMILES string of the molecule is O=C(CN1CCN(C(=O)c2ccccc2-c2nn[nH]n2)CC1)N1CCCC1. The van der Waals surface area contributed by atoms with Gasteiger partial charge >= 0.3 is 0 Å². The third-order valence-corrected chi connectivity index (χ3v) is 5.22. The van der Waals surface area contributed by atoms with Crippen molar-refractivity contribution in [2.24, 2.45) is 0 Å². The number of amides is 2. The summed E-state index contributed by atoms with van der Waals surface area (Å²) in [7, 11) is 0. The largest absolute Gasteiger partial charge is 0.342 e. The van der Waals surface area contributed by atoms with Crippen LogP contribution >= 0.6 is 0 Å². The third-order valence-electron chi connectivity index (χ3n) is 5.22. The van der Waals surface area contributed by atoms with Crippen molar-refractivity contribution in [2.45, 2.75) is 12.8 Å². The van der Waals surface area contributed by atoms with Crippen molar-refractivity contribution in [3.63, 3.8) is 0 Å². The molecule has 2 amide bonds. The molecule has 2 saturated heterocycles. The first-order chi connectivity index (χ1) is 13.2. The quantitative estimate of drug-likeness (QED) is 0.829. The molecule has 0 atom stereocenters. The average Bonchev–Trinajstić information content (AvgIpc) is 3.42. The number of likely N-dealkylation sites (tertiary alicyclic amines) is 1. The molecule has 0 spiro atoms. The van der Waals surface area contributed by atoms with E-state index in [-0.39, 0.29) is 11.8 Å². The number of carbonyl (C=O) groups excluding carboxylic acids is 2. The molecule has 2 aliphatic rings. The Labute approximate surface area is 157 Å². The monoisotopic (exact) mass is 369 g/mol. The number of rotatable bonds is 4. The molecular formula is C18H23N7O2. The lowest BCUT2D eigenvalue weighted by Crippen LogP contribution is -2.51. The number of carbonyl (C=O) groups is 2. The summed E-state index contributed by atoms with van der Waals surface area (Å²) in [6.07, 6.45) is 2.21. The lowest BCUT2D eigenvalue weighted by atomic mass is 10.1. The van der Waals surface area contributed by atoms with Crippen molar-refractivity contribution in [1.82, 2.24) is 35.3 Å². The number of hydrogen-bond acceptors (Lipinski definition) is 6. The third kappa shape index (κ3) is 3.82. The summed E-state index contributed by atoms with van der Waals surface area (Å²) in [6.45, 7) is 4.82.